The number of Topliss-reactive ketones (excluding diaryl/α,β-unsaturated/α-hetero) is 1. The van der Waals surface area contributed by atoms with Gasteiger partial charge in [0.05, 0.1) is 23.6 Å². The van der Waals surface area contributed by atoms with Gasteiger partial charge in [-0.2, -0.15) is 0 Å². The molecule has 3 aromatic rings. The van der Waals surface area contributed by atoms with Crippen molar-refractivity contribution in [2.75, 3.05) is 9.80 Å². The number of amides is 2. The van der Waals surface area contributed by atoms with Gasteiger partial charge in [0.15, 0.2) is 5.78 Å². The topological polar surface area (TPSA) is 57.7 Å². The van der Waals surface area contributed by atoms with Gasteiger partial charge in [0.2, 0.25) is 11.8 Å². The maximum absolute atomic E-state index is 14.6. The van der Waals surface area contributed by atoms with E-state index in [2.05, 4.69) is 0 Å². The Hall–Kier alpha value is -4.06. The number of hydrogen-bond acceptors (Lipinski definition) is 4. The highest BCUT2D eigenvalue weighted by atomic mass is 19.1. The Balaban J connectivity index is 1.52. The van der Waals surface area contributed by atoms with Crippen molar-refractivity contribution >= 4 is 35.0 Å². The Morgan fingerprint density at radius 2 is 1.39 bits per heavy atom. The lowest BCUT2D eigenvalue weighted by Crippen LogP contribution is -2.49. The number of benzene rings is 3. The average Bonchev–Trinajstić information content (AvgIpc) is 3.32. The molecule has 0 radical (unpaired) electrons. The average molecular weight is 438 g/mol. The second-order valence-electron chi connectivity index (χ2n) is 8.51. The van der Waals surface area contributed by atoms with Gasteiger partial charge in [0.1, 0.15) is 11.9 Å². The number of carbonyl (C=O) groups is 3. The van der Waals surface area contributed by atoms with Crippen molar-refractivity contribution < 1.29 is 18.8 Å². The molecule has 2 amide bonds. The van der Waals surface area contributed by atoms with Crippen LogP contribution in [0.25, 0.3) is 6.08 Å². The number of nitrogens with zero attached hydrogens (tertiary/aromatic N) is 2. The van der Waals surface area contributed by atoms with Crippen LogP contribution >= 0.6 is 0 Å². The smallest absolute Gasteiger partial charge is 0.240 e. The van der Waals surface area contributed by atoms with Crippen LogP contribution in [0.2, 0.25) is 0 Å². The largest absolute Gasteiger partial charge is 0.352 e. The van der Waals surface area contributed by atoms with E-state index in [4.69, 9.17) is 0 Å². The summed E-state index contributed by atoms with van der Waals surface area (Å²) >= 11 is 0. The first kappa shape index (κ1) is 19.6. The number of ketones is 1. The van der Waals surface area contributed by atoms with Gasteiger partial charge in [-0.15, -0.1) is 0 Å². The third-order valence-corrected chi connectivity index (χ3v) is 6.84. The fourth-order valence-electron chi connectivity index (χ4n) is 5.46. The van der Waals surface area contributed by atoms with Crippen LogP contribution in [0.15, 0.2) is 84.9 Å². The van der Waals surface area contributed by atoms with Crippen LogP contribution in [0.5, 0.6) is 0 Å². The highest BCUT2D eigenvalue weighted by Crippen LogP contribution is 2.49. The van der Waals surface area contributed by atoms with Crippen LogP contribution in [-0.4, -0.2) is 29.7 Å². The lowest BCUT2D eigenvalue weighted by Gasteiger charge is -2.36. The molecule has 4 atom stereocenters. The number of rotatable bonds is 3. The van der Waals surface area contributed by atoms with Crippen LogP contribution in [0.3, 0.4) is 0 Å². The highest BCUT2D eigenvalue weighted by molar-refractivity contribution is 6.25. The first-order valence-electron chi connectivity index (χ1n) is 10.8. The van der Waals surface area contributed by atoms with E-state index >= 15 is 0 Å². The van der Waals surface area contributed by atoms with Gasteiger partial charge in [0, 0.05) is 11.3 Å². The van der Waals surface area contributed by atoms with Crippen molar-refractivity contribution in [3.8, 4) is 0 Å². The molecule has 5 nitrogen and oxygen atoms in total. The zero-order valence-corrected chi connectivity index (χ0v) is 17.5. The number of imide groups is 1. The second-order valence-corrected chi connectivity index (χ2v) is 8.51. The summed E-state index contributed by atoms with van der Waals surface area (Å²) in [6, 6.07) is 20.8. The number of halogens is 1. The van der Waals surface area contributed by atoms with E-state index in [1.807, 2.05) is 47.4 Å². The molecule has 0 aliphatic carbocycles. The molecular weight excluding hydrogens is 419 g/mol. The molecule has 3 heterocycles. The van der Waals surface area contributed by atoms with Crippen molar-refractivity contribution in [1.82, 2.24) is 0 Å². The molecule has 0 spiro atoms. The molecule has 3 aromatic carbocycles. The predicted octanol–water partition coefficient (Wildman–Crippen LogP) is 4.10. The van der Waals surface area contributed by atoms with Gasteiger partial charge in [-0.05, 0) is 23.8 Å². The van der Waals surface area contributed by atoms with Crippen LogP contribution in [0.1, 0.15) is 15.9 Å². The van der Waals surface area contributed by atoms with Crippen LogP contribution in [0, 0.1) is 17.7 Å². The summed E-state index contributed by atoms with van der Waals surface area (Å²) in [5, 5.41) is 0. The van der Waals surface area contributed by atoms with Crippen LogP contribution in [0.4, 0.5) is 15.8 Å². The number of hydrogen-bond donors (Lipinski definition) is 0. The summed E-state index contributed by atoms with van der Waals surface area (Å²) in [5.41, 5.74) is 2.13. The van der Waals surface area contributed by atoms with E-state index in [1.54, 1.807) is 30.3 Å². The molecule has 2 fully saturated rings. The SMILES string of the molecule is O=C(c1ccccc1)[C@H]1[C@H]2C(=O)N(c3ccccc3F)C(=O)[C@H]2[C@@H]2C=Cc3ccccc3N21. The minimum absolute atomic E-state index is 0.0699. The van der Waals surface area contributed by atoms with Crippen LogP contribution < -0.4 is 9.80 Å². The fourth-order valence-corrected chi connectivity index (χ4v) is 5.46. The quantitative estimate of drug-likeness (QED) is 0.457. The fraction of sp³-hybridized carbons (Fsp3) is 0.148. The lowest BCUT2D eigenvalue weighted by molar-refractivity contribution is -0.122. The summed E-state index contributed by atoms with van der Waals surface area (Å²) in [5.74, 6) is -3.58. The minimum atomic E-state index is -0.911. The monoisotopic (exact) mass is 438 g/mol. The van der Waals surface area contributed by atoms with E-state index in [1.165, 1.54) is 18.2 Å². The molecule has 0 saturated carbocycles. The van der Waals surface area contributed by atoms with E-state index in [0.717, 1.165) is 16.2 Å². The summed E-state index contributed by atoms with van der Waals surface area (Å²) in [6.45, 7) is 0. The van der Waals surface area contributed by atoms with Gasteiger partial charge < -0.3 is 4.90 Å². The number of anilines is 2. The number of para-hydroxylation sites is 2. The van der Waals surface area contributed by atoms with Gasteiger partial charge in [-0.25, -0.2) is 9.29 Å². The predicted molar refractivity (Wildman–Crippen MR) is 122 cm³/mol. The number of carbonyl (C=O) groups excluding carboxylic acids is 3. The highest BCUT2D eigenvalue weighted by Gasteiger charge is 2.64. The Morgan fingerprint density at radius 3 is 2.15 bits per heavy atom. The Labute approximate surface area is 189 Å². The van der Waals surface area contributed by atoms with Crippen molar-refractivity contribution in [3.63, 3.8) is 0 Å². The van der Waals surface area contributed by atoms with Crippen molar-refractivity contribution in [2.45, 2.75) is 12.1 Å². The van der Waals surface area contributed by atoms with E-state index < -0.39 is 41.6 Å². The second kappa shape index (κ2) is 7.24. The first-order chi connectivity index (χ1) is 16.1. The Morgan fingerprint density at radius 1 is 0.758 bits per heavy atom. The third kappa shape index (κ3) is 2.73. The van der Waals surface area contributed by atoms with Crippen molar-refractivity contribution in [1.29, 1.82) is 0 Å². The summed E-state index contributed by atoms with van der Waals surface area (Å²) < 4.78 is 14.6. The zero-order valence-electron chi connectivity index (χ0n) is 17.5. The van der Waals surface area contributed by atoms with E-state index in [9.17, 15) is 18.8 Å². The molecule has 0 aromatic heterocycles. The zero-order chi connectivity index (χ0) is 22.7. The maximum atomic E-state index is 14.6. The molecule has 0 bridgehead atoms. The molecule has 33 heavy (non-hydrogen) atoms. The van der Waals surface area contributed by atoms with Gasteiger partial charge in [-0.3, -0.25) is 14.4 Å². The van der Waals surface area contributed by atoms with Crippen LogP contribution in [-0.2, 0) is 9.59 Å². The standard InChI is InChI=1S/C27H19FN2O3/c28-18-11-5-7-13-20(18)30-26(32)22-21-15-14-16-8-4-6-12-19(16)29(21)24(23(22)27(30)33)25(31)17-9-2-1-3-10-17/h1-15,21-24H/t21-,22-,23-,24+/m0/s1. The number of fused-ring (bicyclic) bond motifs is 5. The van der Waals surface area contributed by atoms with E-state index in [0.29, 0.717) is 5.56 Å². The molecule has 162 valence electrons. The van der Waals surface area contributed by atoms with E-state index in [-0.39, 0.29) is 11.5 Å². The first-order valence-corrected chi connectivity index (χ1v) is 10.8. The molecular formula is C27H19FN2O3. The summed E-state index contributed by atoms with van der Waals surface area (Å²) in [4.78, 5) is 43.9. The molecule has 0 N–H and O–H groups in total. The summed E-state index contributed by atoms with van der Waals surface area (Å²) in [7, 11) is 0. The van der Waals surface area contributed by atoms with Crippen molar-refractivity contribution in [3.05, 3.63) is 102 Å². The summed E-state index contributed by atoms with van der Waals surface area (Å²) in [6.07, 6.45) is 3.81. The Kier molecular flexibility index (Phi) is 4.30. The maximum Gasteiger partial charge on any atom is 0.240 e. The van der Waals surface area contributed by atoms with Gasteiger partial charge >= 0.3 is 0 Å². The lowest BCUT2D eigenvalue weighted by atomic mass is 9.86. The molecule has 2 saturated heterocycles. The van der Waals surface area contributed by atoms with Crippen molar-refractivity contribution in [2.24, 2.45) is 11.8 Å². The van der Waals surface area contributed by atoms with Gasteiger partial charge in [0.25, 0.3) is 0 Å². The minimum Gasteiger partial charge on any atom is -0.352 e. The third-order valence-electron chi connectivity index (χ3n) is 6.84. The molecule has 6 heteroatoms. The molecule has 3 aliphatic rings. The Bertz CT molecular complexity index is 1340. The normalized spacial score (nSPS) is 25.1. The molecule has 3 aliphatic heterocycles. The van der Waals surface area contributed by atoms with Gasteiger partial charge in [-0.1, -0.05) is 72.8 Å². The molecule has 0 unspecified atom stereocenters. The molecule has 6 rings (SSSR count).